The fourth-order valence-electron chi connectivity index (χ4n) is 5.41. The van der Waals surface area contributed by atoms with Gasteiger partial charge >= 0.3 is 6.03 Å². The molecule has 3 fully saturated rings. The lowest BCUT2D eigenvalue weighted by Crippen LogP contribution is -2.54. The largest absolute Gasteiger partial charge is 0.370 e. The highest BCUT2D eigenvalue weighted by molar-refractivity contribution is 5.94. The lowest BCUT2D eigenvalue weighted by Gasteiger charge is -2.48. The third-order valence-electron chi connectivity index (χ3n) is 7.56. The molecule has 1 N–H and O–H groups in total. The van der Waals surface area contributed by atoms with Crippen LogP contribution in [0.1, 0.15) is 37.7 Å². The Hall–Kier alpha value is -2.67. The minimum atomic E-state index is -0.431. The number of halogens is 1. The average molecular weight is 424 g/mol. The predicted molar refractivity (Wildman–Crippen MR) is 120 cm³/mol. The molecule has 0 atom stereocenters. The number of hydrogen-bond donors (Lipinski definition) is 1. The van der Waals surface area contributed by atoms with Gasteiger partial charge in [0.15, 0.2) is 11.6 Å². The summed E-state index contributed by atoms with van der Waals surface area (Å²) in [5.74, 6) is -0.300. The van der Waals surface area contributed by atoms with E-state index in [0.29, 0.717) is 6.54 Å². The summed E-state index contributed by atoms with van der Waals surface area (Å²) in [4.78, 5) is 23.1. The van der Waals surface area contributed by atoms with Crippen molar-refractivity contribution < 1.29 is 9.18 Å². The first-order valence-corrected chi connectivity index (χ1v) is 11.2. The van der Waals surface area contributed by atoms with Crippen molar-refractivity contribution >= 4 is 17.5 Å². The summed E-state index contributed by atoms with van der Waals surface area (Å²) in [6.45, 7) is 2.32. The van der Waals surface area contributed by atoms with Crippen LogP contribution in [-0.4, -0.2) is 55.2 Å². The van der Waals surface area contributed by atoms with Crippen LogP contribution in [0.5, 0.6) is 0 Å². The van der Waals surface area contributed by atoms with Crippen molar-refractivity contribution in [2.75, 3.05) is 43.5 Å². The van der Waals surface area contributed by atoms with E-state index in [1.165, 1.54) is 16.5 Å². The third-order valence-corrected chi connectivity index (χ3v) is 7.56. The van der Waals surface area contributed by atoms with Crippen molar-refractivity contribution in [3.8, 4) is 0 Å². The van der Waals surface area contributed by atoms with E-state index in [0.717, 1.165) is 50.9 Å². The summed E-state index contributed by atoms with van der Waals surface area (Å²) in [5.41, 5.74) is 1.71. The Labute approximate surface area is 183 Å². The second-order valence-electron chi connectivity index (χ2n) is 9.43. The number of amides is 2. The molecular weight excluding hydrogens is 393 g/mol. The van der Waals surface area contributed by atoms with E-state index >= 15 is 0 Å². The summed E-state index contributed by atoms with van der Waals surface area (Å²) in [7, 11) is 4.26. The van der Waals surface area contributed by atoms with Crippen LogP contribution >= 0.6 is 0 Å². The van der Waals surface area contributed by atoms with Gasteiger partial charge in [0.2, 0.25) is 0 Å². The van der Waals surface area contributed by atoms with E-state index < -0.39 is 5.82 Å². The molecule has 7 heteroatoms. The van der Waals surface area contributed by atoms with Gasteiger partial charge in [-0.3, -0.25) is 9.80 Å². The van der Waals surface area contributed by atoms with Crippen LogP contribution in [0.4, 0.5) is 20.7 Å². The molecule has 0 radical (unpaired) electrons. The number of carbonyl (C=O) groups is 1. The Morgan fingerprint density at radius 1 is 1.10 bits per heavy atom. The summed E-state index contributed by atoms with van der Waals surface area (Å²) >= 11 is 0. The maximum Gasteiger partial charge on any atom is 0.323 e. The van der Waals surface area contributed by atoms with Crippen LogP contribution in [-0.2, 0) is 5.54 Å². The van der Waals surface area contributed by atoms with Gasteiger partial charge in [-0.05, 0) is 51.8 Å². The number of nitrogens with zero attached hydrogens (tertiary/aromatic N) is 4. The van der Waals surface area contributed by atoms with E-state index in [-0.39, 0.29) is 22.9 Å². The van der Waals surface area contributed by atoms with E-state index in [1.807, 2.05) is 6.07 Å². The number of pyridine rings is 1. The first-order valence-electron chi connectivity index (χ1n) is 11.2. The third kappa shape index (κ3) is 3.35. The van der Waals surface area contributed by atoms with Gasteiger partial charge in [0.1, 0.15) is 0 Å². The first kappa shape index (κ1) is 20.2. The number of anilines is 2. The molecule has 3 heterocycles. The van der Waals surface area contributed by atoms with Gasteiger partial charge in [-0.1, -0.05) is 30.3 Å². The van der Waals surface area contributed by atoms with Gasteiger partial charge in [0.25, 0.3) is 0 Å². The fraction of sp³-hybridized carbons (Fsp3) is 0.500. The number of hydrogen-bond acceptors (Lipinski definition) is 4. The topological polar surface area (TPSA) is 51.7 Å². The Kier molecular flexibility index (Phi) is 4.88. The molecule has 3 aliphatic rings. The molecule has 1 aliphatic carbocycles. The molecule has 6 nitrogen and oxygen atoms in total. The molecule has 164 valence electrons. The van der Waals surface area contributed by atoms with Gasteiger partial charge in [0, 0.05) is 24.7 Å². The summed E-state index contributed by atoms with van der Waals surface area (Å²) < 4.78 is 14.9. The van der Waals surface area contributed by atoms with Crippen LogP contribution in [0, 0.1) is 5.82 Å². The zero-order valence-corrected chi connectivity index (χ0v) is 18.3. The quantitative estimate of drug-likeness (QED) is 0.814. The molecule has 5 rings (SSSR count). The Morgan fingerprint density at radius 2 is 1.81 bits per heavy atom. The maximum atomic E-state index is 14.9. The molecule has 2 saturated heterocycles. The molecular formula is C24H30FN5O. The van der Waals surface area contributed by atoms with Crippen molar-refractivity contribution in [1.29, 1.82) is 0 Å². The number of benzene rings is 1. The van der Waals surface area contributed by atoms with Gasteiger partial charge < -0.3 is 10.2 Å². The molecule has 1 aromatic carbocycles. The van der Waals surface area contributed by atoms with Crippen LogP contribution in [0.3, 0.4) is 0 Å². The molecule has 31 heavy (non-hydrogen) atoms. The first-order chi connectivity index (χ1) is 14.9. The van der Waals surface area contributed by atoms with Crippen LogP contribution in [0.2, 0.25) is 0 Å². The number of urea groups is 1. The van der Waals surface area contributed by atoms with E-state index in [2.05, 4.69) is 58.5 Å². The van der Waals surface area contributed by atoms with E-state index in [4.69, 9.17) is 0 Å². The summed E-state index contributed by atoms with van der Waals surface area (Å²) in [6, 6.07) is 11.9. The van der Waals surface area contributed by atoms with Gasteiger partial charge in [0.05, 0.1) is 24.0 Å². The second kappa shape index (κ2) is 7.48. The molecule has 1 spiro atoms. The Balaban J connectivity index is 1.35. The fourth-order valence-corrected chi connectivity index (χ4v) is 5.41. The van der Waals surface area contributed by atoms with Crippen molar-refractivity contribution in [3.05, 3.63) is 54.0 Å². The van der Waals surface area contributed by atoms with E-state index in [9.17, 15) is 9.18 Å². The Morgan fingerprint density at radius 3 is 2.39 bits per heavy atom. The molecule has 1 aromatic heterocycles. The zero-order chi connectivity index (χ0) is 21.6. The highest BCUT2D eigenvalue weighted by Crippen LogP contribution is 2.46. The highest BCUT2D eigenvalue weighted by Gasteiger charge is 2.50. The van der Waals surface area contributed by atoms with Crippen molar-refractivity contribution in [1.82, 2.24) is 15.2 Å². The predicted octanol–water partition coefficient (Wildman–Crippen LogP) is 3.73. The number of carbonyl (C=O) groups excluding carboxylic acids is 1. The normalized spacial score (nSPS) is 28.2. The molecule has 0 unspecified atom stereocenters. The number of rotatable bonds is 4. The summed E-state index contributed by atoms with van der Waals surface area (Å²) in [5, 5.41) is 3.18. The second-order valence-corrected chi connectivity index (χ2v) is 9.43. The maximum absolute atomic E-state index is 14.9. The lowest BCUT2D eigenvalue weighted by atomic mass is 9.69. The smallest absolute Gasteiger partial charge is 0.323 e. The van der Waals surface area contributed by atoms with Gasteiger partial charge in [-0.2, -0.15) is 0 Å². The molecule has 1 saturated carbocycles. The van der Waals surface area contributed by atoms with Gasteiger partial charge in [-0.15, -0.1) is 0 Å². The zero-order valence-electron chi connectivity index (χ0n) is 18.3. The molecule has 2 amide bonds. The Bertz CT molecular complexity index is 967. The van der Waals surface area contributed by atoms with Crippen LogP contribution in [0.25, 0.3) is 0 Å². The SMILES string of the molecule is CN(C)[C@]1(c2ccccc2)CC[C@]2(CC1)CN(c1ncc(N3CCC3)cc1F)C(=O)N2. The van der Waals surface area contributed by atoms with Gasteiger partial charge in [-0.25, -0.2) is 14.2 Å². The summed E-state index contributed by atoms with van der Waals surface area (Å²) in [6.07, 6.45) is 6.36. The monoisotopic (exact) mass is 423 g/mol. The average Bonchev–Trinajstić information content (AvgIpc) is 3.04. The number of nitrogens with one attached hydrogen (secondary N) is 1. The molecule has 0 bridgehead atoms. The highest BCUT2D eigenvalue weighted by atomic mass is 19.1. The minimum Gasteiger partial charge on any atom is -0.370 e. The van der Waals surface area contributed by atoms with Crippen molar-refractivity contribution in [2.45, 2.75) is 43.2 Å². The van der Waals surface area contributed by atoms with Crippen molar-refractivity contribution in [3.63, 3.8) is 0 Å². The number of aromatic nitrogens is 1. The molecule has 2 aliphatic heterocycles. The van der Waals surface area contributed by atoms with Crippen LogP contribution in [0.15, 0.2) is 42.6 Å². The minimum absolute atomic E-state index is 0.0486. The van der Waals surface area contributed by atoms with E-state index in [1.54, 1.807) is 6.20 Å². The standard InChI is InChI=1S/C24H30FN5O/c1-28(2)24(18-7-4-3-5-8-18)11-9-23(10-12-24)17-30(22(31)27-23)21-20(25)15-19(16-26-21)29-13-6-14-29/h3-5,7-8,15-16H,6,9-14,17H2,1-2H3,(H,27,31)/t23-,24+. The van der Waals surface area contributed by atoms with Crippen LogP contribution < -0.4 is 15.1 Å². The molecule has 2 aromatic rings. The van der Waals surface area contributed by atoms with Crippen molar-refractivity contribution in [2.24, 2.45) is 0 Å². The lowest BCUT2D eigenvalue weighted by molar-refractivity contribution is 0.0657.